The van der Waals surface area contributed by atoms with E-state index in [0.29, 0.717) is 0 Å². The van der Waals surface area contributed by atoms with Crippen molar-refractivity contribution in [3.63, 3.8) is 0 Å². The molecule has 0 aromatic rings. The first-order chi connectivity index (χ1) is 4.90. The molecule has 4 bridgehead atoms. The van der Waals surface area contributed by atoms with Crippen LogP contribution in [0.5, 0.6) is 0 Å². The normalized spacial score (nSPS) is 36.0. The number of halogens is 6. The lowest BCUT2D eigenvalue weighted by Gasteiger charge is -2.56. The molecule has 0 saturated carbocycles. The molecule has 104 valence electrons. The van der Waals surface area contributed by atoms with Gasteiger partial charge in [0.05, 0.1) is 40.0 Å². The van der Waals surface area contributed by atoms with E-state index in [2.05, 4.69) is 19.6 Å². The minimum Gasteiger partial charge on any atom is -0.264 e. The molecule has 4 rings (SSSR count). The van der Waals surface area contributed by atoms with Gasteiger partial charge in [-0.05, 0) is 0 Å². The Balaban J connectivity index is -0.000000120. The van der Waals surface area contributed by atoms with Crippen LogP contribution in [0, 0.1) is 0 Å². The maximum Gasteiger partial charge on any atom is 0.0555 e. The maximum atomic E-state index is 2.47. The summed E-state index contributed by atoms with van der Waals surface area (Å²) in [5, 5.41) is 0. The van der Waals surface area contributed by atoms with Crippen LogP contribution in [0.1, 0.15) is 0 Å². The predicted molar refractivity (Wildman–Crippen MR) is 80.0 cm³/mol. The molecule has 4 nitrogen and oxygen atoms in total. The minimum atomic E-state index is 0. The summed E-state index contributed by atoms with van der Waals surface area (Å²) in [6.45, 7) is 7.12. The van der Waals surface area contributed by atoms with Crippen LogP contribution in [0.15, 0.2) is 0 Å². The molecule has 4 aliphatic heterocycles. The monoisotopic (exact) mass is 356 g/mol. The molecule has 0 radical (unpaired) electrons. The number of hydrogen-bond acceptors (Lipinski definition) is 4. The van der Waals surface area contributed by atoms with E-state index >= 15 is 0 Å². The lowest BCUT2D eigenvalue weighted by Crippen LogP contribution is -2.71. The molecule has 0 unspecified atom stereocenters. The van der Waals surface area contributed by atoms with Gasteiger partial charge in [-0.25, -0.2) is 0 Å². The van der Waals surface area contributed by atoms with Crippen LogP contribution < -0.4 is 0 Å². The Morgan fingerprint density at radius 1 is 0.312 bits per heavy atom. The fraction of sp³-hybridized carbons (Fsp3) is 1.00. The van der Waals surface area contributed by atoms with Crippen LogP contribution in [-0.4, -0.2) is 59.6 Å². The van der Waals surface area contributed by atoms with Crippen LogP contribution in [0.4, 0.5) is 0 Å². The highest BCUT2D eigenvalue weighted by Crippen LogP contribution is 2.20. The Kier molecular flexibility index (Phi) is 17.2. The second-order valence-corrected chi connectivity index (χ2v) is 3.53. The van der Waals surface area contributed by atoms with E-state index in [0.717, 1.165) is 0 Å². The van der Waals surface area contributed by atoms with Crippen molar-refractivity contribution >= 4 is 74.4 Å². The van der Waals surface area contributed by atoms with Gasteiger partial charge in [0.1, 0.15) is 0 Å². The van der Waals surface area contributed by atoms with Gasteiger partial charge in [0, 0.05) is 0 Å². The largest absolute Gasteiger partial charge is 0.264 e. The van der Waals surface area contributed by atoms with Gasteiger partial charge in [-0.2, -0.15) is 0 Å². The molecule has 0 N–H and O–H groups in total. The summed E-state index contributed by atoms with van der Waals surface area (Å²) < 4.78 is 0. The Labute approximate surface area is 134 Å². The zero-order chi connectivity index (χ0) is 6.55. The molecule has 0 atom stereocenters. The second-order valence-electron chi connectivity index (χ2n) is 3.53. The molecular formula is C6H18Cl6N4. The summed E-state index contributed by atoms with van der Waals surface area (Å²) in [5.74, 6) is 0. The van der Waals surface area contributed by atoms with Crippen LogP contribution in [0.2, 0.25) is 0 Å². The first-order valence-corrected chi connectivity index (χ1v) is 3.79. The average Bonchev–Trinajstić information content (AvgIpc) is 1.82. The molecule has 0 spiro atoms. The van der Waals surface area contributed by atoms with Gasteiger partial charge in [0.25, 0.3) is 0 Å². The van der Waals surface area contributed by atoms with Crippen molar-refractivity contribution in [2.75, 3.05) is 40.0 Å². The summed E-state index contributed by atoms with van der Waals surface area (Å²) in [4.78, 5) is 9.88. The Morgan fingerprint density at radius 2 is 0.438 bits per heavy atom. The molecule has 0 aliphatic carbocycles. The van der Waals surface area contributed by atoms with E-state index in [4.69, 9.17) is 0 Å². The van der Waals surface area contributed by atoms with Gasteiger partial charge in [-0.3, -0.25) is 19.6 Å². The maximum absolute atomic E-state index is 2.47. The molecule has 4 heterocycles. The Bertz CT molecular complexity index is 117. The molecule has 0 aromatic heterocycles. The first-order valence-electron chi connectivity index (χ1n) is 3.79. The predicted octanol–water partition coefficient (Wildman–Crippen LogP) is 1.51. The number of hydrogen-bond donors (Lipinski definition) is 0. The van der Waals surface area contributed by atoms with Crippen molar-refractivity contribution in [2.24, 2.45) is 0 Å². The highest BCUT2D eigenvalue weighted by molar-refractivity contribution is 5.86. The van der Waals surface area contributed by atoms with Gasteiger partial charge >= 0.3 is 0 Å². The second kappa shape index (κ2) is 10.5. The quantitative estimate of drug-likeness (QED) is 0.650. The van der Waals surface area contributed by atoms with Crippen molar-refractivity contribution in [3.8, 4) is 0 Å². The number of rotatable bonds is 0. The molecule has 4 fully saturated rings. The Hall–Kier alpha value is 1.58. The van der Waals surface area contributed by atoms with E-state index in [9.17, 15) is 0 Å². The van der Waals surface area contributed by atoms with E-state index in [-0.39, 0.29) is 74.4 Å². The molecule has 16 heavy (non-hydrogen) atoms. The smallest absolute Gasteiger partial charge is 0.0555 e. The van der Waals surface area contributed by atoms with Gasteiger partial charge in [0.15, 0.2) is 0 Å². The van der Waals surface area contributed by atoms with Crippen LogP contribution in [-0.2, 0) is 0 Å². The highest BCUT2D eigenvalue weighted by atomic mass is 35.5. The molecule has 0 aromatic carbocycles. The van der Waals surface area contributed by atoms with Gasteiger partial charge in [-0.1, -0.05) is 0 Å². The summed E-state index contributed by atoms with van der Waals surface area (Å²) in [5.41, 5.74) is 0. The van der Waals surface area contributed by atoms with E-state index in [1.807, 2.05) is 0 Å². The lowest BCUT2D eigenvalue weighted by atomic mass is 10.4. The number of nitrogens with zero attached hydrogens (tertiary/aromatic N) is 4. The molecule has 0 amide bonds. The lowest BCUT2D eigenvalue weighted by molar-refractivity contribution is -0.194. The van der Waals surface area contributed by atoms with E-state index in [1.165, 1.54) is 40.0 Å². The van der Waals surface area contributed by atoms with Gasteiger partial charge < -0.3 is 0 Å². The van der Waals surface area contributed by atoms with Crippen molar-refractivity contribution in [2.45, 2.75) is 0 Å². The molecule has 4 aliphatic rings. The molecule has 10 heteroatoms. The minimum absolute atomic E-state index is 0. The van der Waals surface area contributed by atoms with E-state index in [1.54, 1.807) is 0 Å². The van der Waals surface area contributed by atoms with Crippen molar-refractivity contribution in [1.82, 2.24) is 19.6 Å². The fourth-order valence-electron chi connectivity index (χ4n) is 2.23. The van der Waals surface area contributed by atoms with Gasteiger partial charge in [-0.15, -0.1) is 74.4 Å². The third-order valence-electron chi connectivity index (χ3n) is 2.40. The van der Waals surface area contributed by atoms with Crippen molar-refractivity contribution in [1.29, 1.82) is 0 Å². The topological polar surface area (TPSA) is 13.0 Å². The first kappa shape index (κ1) is 26.2. The van der Waals surface area contributed by atoms with Crippen molar-refractivity contribution < 1.29 is 0 Å². The third kappa shape index (κ3) is 5.06. The van der Waals surface area contributed by atoms with Crippen molar-refractivity contribution in [3.05, 3.63) is 0 Å². The Morgan fingerprint density at radius 3 is 0.562 bits per heavy atom. The van der Waals surface area contributed by atoms with Crippen LogP contribution in [0.3, 0.4) is 0 Å². The average molecular weight is 359 g/mol. The summed E-state index contributed by atoms with van der Waals surface area (Å²) in [6, 6.07) is 0. The third-order valence-corrected chi connectivity index (χ3v) is 2.40. The molecular weight excluding hydrogens is 341 g/mol. The summed E-state index contributed by atoms with van der Waals surface area (Å²) in [7, 11) is 0. The fourth-order valence-corrected chi connectivity index (χ4v) is 2.23. The van der Waals surface area contributed by atoms with Gasteiger partial charge in [0.2, 0.25) is 0 Å². The van der Waals surface area contributed by atoms with Crippen LogP contribution >= 0.6 is 74.4 Å². The zero-order valence-electron chi connectivity index (χ0n) is 8.48. The van der Waals surface area contributed by atoms with Crippen LogP contribution in [0.25, 0.3) is 0 Å². The van der Waals surface area contributed by atoms with E-state index < -0.39 is 0 Å². The summed E-state index contributed by atoms with van der Waals surface area (Å²) in [6.07, 6.45) is 0. The standard InChI is InChI=1S/C6H12N4.6ClH/c1-7-2-9-4-8(1)5-10(3-7)6-9;;;;;;/h1-6H2;6*1H. The zero-order valence-corrected chi connectivity index (χ0v) is 13.4. The SMILES string of the molecule is C1N2CN3CN1CN(C2)C3.Cl.Cl.Cl.Cl.Cl.Cl. The summed E-state index contributed by atoms with van der Waals surface area (Å²) >= 11 is 0. The highest BCUT2D eigenvalue weighted by Gasteiger charge is 2.36. The molecule has 4 saturated heterocycles.